The van der Waals surface area contributed by atoms with Crippen LogP contribution in [0.25, 0.3) is 0 Å². The highest BCUT2D eigenvalue weighted by molar-refractivity contribution is 9.10. The van der Waals surface area contributed by atoms with Gasteiger partial charge in [-0.1, -0.05) is 22.0 Å². The van der Waals surface area contributed by atoms with Crippen molar-refractivity contribution in [3.05, 3.63) is 33.8 Å². The van der Waals surface area contributed by atoms with Gasteiger partial charge in [0.2, 0.25) is 0 Å². The lowest BCUT2D eigenvalue weighted by atomic mass is 10.0. The third kappa shape index (κ3) is 2.24. The van der Waals surface area contributed by atoms with Gasteiger partial charge in [0, 0.05) is 35.7 Å². The summed E-state index contributed by atoms with van der Waals surface area (Å²) in [6.07, 6.45) is 2.51. The molecule has 2 aliphatic rings. The molecule has 1 fully saturated rings. The van der Waals surface area contributed by atoms with Crippen LogP contribution in [0.5, 0.6) is 0 Å². The minimum absolute atomic E-state index is 0.612. The van der Waals surface area contributed by atoms with Crippen molar-refractivity contribution in [1.82, 2.24) is 10.2 Å². The number of nitrogens with one attached hydrogen (secondary N) is 1. The van der Waals surface area contributed by atoms with Gasteiger partial charge in [0.25, 0.3) is 0 Å². The van der Waals surface area contributed by atoms with Crippen LogP contribution < -0.4 is 5.32 Å². The molecule has 2 nitrogen and oxygen atoms in total. The third-order valence-electron chi connectivity index (χ3n) is 4.36. The number of rotatable bonds is 1. The van der Waals surface area contributed by atoms with E-state index in [0.29, 0.717) is 18.1 Å². The Labute approximate surface area is 118 Å². The Morgan fingerprint density at radius 1 is 1.33 bits per heavy atom. The average Bonchev–Trinajstić information content (AvgIpc) is 2.75. The molecule has 3 rings (SSSR count). The molecule has 3 unspecified atom stereocenters. The lowest BCUT2D eigenvalue weighted by molar-refractivity contribution is 0.0950. The molecule has 1 aliphatic carbocycles. The number of nitrogens with zero attached hydrogens (tertiary/aromatic N) is 1. The Hall–Kier alpha value is -0.380. The molecule has 1 heterocycles. The van der Waals surface area contributed by atoms with Crippen molar-refractivity contribution in [3.63, 3.8) is 0 Å². The highest BCUT2D eigenvalue weighted by atomic mass is 79.9. The van der Waals surface area contributed by atoms with Crippen molar-refractivity contribution in [2.45, 2.75) is 44.8 Å². The van der Waals surface area contributed by atoms with E-state index in [9.17, 15) is 0 Å². The van der Waals surface area contributed by atoms with E-state index in [1.54, 1.807) is 5.56 Å². The summed E-state index contributed by atoms with van der Waals surface area (Å²) < 4.78 is 1.21. The maximum atomic E-state index is 3.58. The minimum atomic E-state index is 0.612. The van der Waals surface area contributed by atoms with E-state index in [2.05, 4.69) is 58.2 Å². The van der Waals surface area contributed by atoms with Crippen molar-refractivity contribution >= 4 is 15.9 Å². The second-order valence-corrected chi connectivity index (χ2v) is 6.67. The first kappa shape index (κ1) is 12.6. The number of halogens is 1. The lowest BCUT2D eigenvalue weighted by Crippen LogP contribution is -2.54. The summed E-state index contributed by atoms with van der Waals surface area (Å²) >= 11 is 3.58. The maximum absolute atomic E-state index is 3.58. The van der Waals surface area contributed by atoms with Crippen LogP contribution in [-0.2, 0) is 6.42 Å². The van der Waals surface area contributed by atoms with Gasteiger partial charge >= 0.3 is 0 Å². The van der Waals surface area contributed by atoms with Crippen molar-refractivity contribution in [2.75, 3.05) is 13.1 Å². The summed E-state index contributed by atoms with van der Waals surface area (Å²) in [5.74, 6) is 0. The van der Waals surface area contributed by atoms with Crippen LogP contribution in [-0.4, -0.2) is 30.1 Å². The van der Waals surface area contributed by atoms with E-state index in [0.717, 1.165) is 6.54 Å². The van der Waals surface area contributed by atoms with Gasteiger partial charge in [0.15, 0.2) is 0 Å². The van der Waals surface area contributed by atoms with Gasteiger partial charge in [0.05, 0.1) is 0 Å². The zero-order valence-electron chi connectivity index (χ0n) is 11.1. The Balaban J connectivity index is 1.86. The van der Waals surface area contributed by atoms with Gasteiger partial charge in [-0.15, -0.1) is 0 Å². The van der Waals surface area contributed by atoms with Gasteiger partial charge in [-0.25, -0.2) is 0 Å². The van der Waals surface area contributed by atoms with E-state index in [4.69, 9.17) is 0 Å². The van der Waals surface area contributed by atoms with Gasteiger partial charge < -0.3 is 5.32 Å². The molecule has 1 aliphatic heterocycles. The second-order valence-electron chi connectivity index (χ2n) is 5.75. The second kappa shape index (κ2) is 4.95. The number of fused-ring (bicyclic) bond motifs is 1. The summed E-state index contributed by atoms with van der Waals surface area (Å²) in [5, 5.41) is 3.57. The van der Waals surface area contributed by atoms with Crippen LogP contribution in [0.3, 0.4) is 0 Å². The predicted octanol–water partition coefficient (Wildman–Crippen LogP) is 3.12. The number of hydrogen-bond donors (Lipinski definition) is 1. The molecule has 0 aromatic heterocycles. The lowest BCUT2D eigenvalue weighted by Gasteiger charge is -2.41. The summed E-state index contributed by atoms with van der Waals surface area (Å²) in [4.78, 5) is 2.70. The Kier molecular flexibility index (Phi) is 3.48. The molecule has 1 aromatic rings. The molecule has 0 radical (unpaired) electrons. The summed E-state index contributed by atoms with van der Waals surface area (Å²) in [6, 6.07) is 8.68. The minimum Gasteiger partial charge on any atom is -0.311 e. The van der Waals surface area contributed by atoms with Gasteiger partial charge in [-0.2, -0.15) is 0 Å². The summed E-state index contributed by atoms with van der Waals surface area (Å²) in [5.41, 5.74) is 3.09. The maximum Gasteiger partial charge on any atom is 0.0358 e. The largest absolute Gasteiger partial charge is 0.311 e. The van der Waals surface area contributed by atoms with Crippen LogP contribution in [0.4, 0.5) is 0 Å². The fraction of sp³-hybridized carbons (Fsp3) is 0.600. The molecule has 0 bridgehead atoms. The molecule has 3 heteroatoms. The van der Waals surface area contributed by atoms with Crippen molar-refractivity contribution in [1.29, 1.82) is 0 Å². The molecule has 1 aromatic carbocycles. The molecule has 0 saturated carbocycles. The molecule has 1 N–H and O–H groups in total. The fourth-order valence-electron chi connectivity index (χ4n) is 3.39. The van der Waals surface area contributed by atoms with Crippen molar-refractivity contribution in [3.8, 4) is 0 Å². The highest BCUT2D eigenvalue weighted by Crippen LogP contribution is 2.38. The van der Waals surface area contributed by atoms with E-state index in [1.165, 1.54) is 29.4 Å². The van der Waals surface area contributed by atoms with Crippen molar-refractivity contribution in [2.24, 2.45) is 0 Å². The van der Waals surface area contributed by atoms with E-state index < -0.39 is 0 Å². The fourth-order valence-corrected chi connectivity index (χ4v) is 3.80. The molecule has 0 spiro atoms. The molecular weight excluding hydrogens is 288 g/mol. The number of aryl methyl sites for hydroxylation is 1. The molecule has 98 valence electrons. The van der Waals surface area contributed by atoms with Crippen LogP contribution in [0.2, 0.25) is 0 Å². The number of hydrogen-bond acceptors (Lipinski definition) is 2. The normalized spacial score (nSPS) is 32.5. The third-order valence-corrected chi connectivity index (χ3v) is 4.86. The summed E-state index contributed by atoms with van der Waals surface area (Å²) in [7, 11) is 0. The van der Waals surface area contributed by atoms with E-state index in [-0.39, 0.29) is 0 Å². The SMILES string of the molecule is CC1CN(C2CCc3cc(Br)ccc32)C(C)CN1. The van der Waals surface area contributed by atoms with Crippen LogP contribution in [0, 0.1) is 0 Å². The van der Waals surface area contributed by atoms with Crippen LogP contribution in [0.1, 0.15) is 37.4 Å². The zero-order chi connectivity index (χ0) is 12.7. The van der Waals surface area contributed by atoms with E-state index in [1.807, 2.05) is 0 Å². The zero-order valence-corrected chi connectivity index (χ0v) is 12.7. The van der Waals surface area contributed by atoms with Crippen LogP contribution in [0.15, 0.2) is 22.7 Å². The van der Waals surface area contributed by atoms with Crippen LogP contribution >= 0.6 is 15.9 Å². The molecule has 0 amide bonds. The van der Waals surface area contributed by atoms with Gasteiger partial charge in [-0.3, -0.25) is 4.90 Å². The Morgan fingerprint density at radius 3 is 3.00 bits per heavy atom. The first-order valence-electron chi connectivity index (χ1n) is 6.92. The quantitative estimate of drug-likeness (QED) is 0.857. The van der Waals surface area contributed by atoms with Crippen molar-refractivity contribution < 1.29 is 0 Å². The number of benzene rings is 1. The molecule has 18 heavy (non-hydrogen) atoms. The first-order valence-corrected chi connectivity index (χ1v) is 7.72. The average molecular weight is 309 g/mol. The van der Waals surface area contributed by atoms with Gasteiger partial charge in [0.1, 0.15) is 0 Å². The standard InChI is InChI=1S/C15H21BrN2/c1-10-9-18(11(2)8-17-10)15-6-3-12-7-13(16)4-5-14(12)15/h4-5,7,10-11,15,17H,3,6,8-9H2,1-2H3. The summed E-state index contributed by atoms with van der Waals surface area (Å²) in [6.45, 7) is 6.91. The number of piperazine rings is 1. The Morgan fingerprint density at radius 2 is 2.17 bits per heavy atom. The van der Waals surface area contributed by atoms with Gasteiger partial charge in [-0.05, 0) is 49.9 Å². The molecular formula is C15H21BrN2. The monoisotopic (exact) mass is 308 g/mol. The first-order chi connectivity index (χ1) is 8.65. The highest BCUT2D eigenvalue weighted by Gasteiger charge is 2.33. The molecule has 1 saturated heterocycles. The predicted molar refractivity (Wildman–Crippen MR) is 78.8 cm³/mol. The van der Waals surface area contributed by atoms with E-state index >= 15 is 0 Å². The Bertz CT molecular complexity index is 446. The smallest absolute Gasteiger partial charge is 0.0358 e. The topological polar surface area (TPSA) is 15.3 Å². The molecule has 3 atom stereocenters.